The van der Waals surface area contributed by atoms with E-state index < -0.39 is 0 Å². The molecule has 0 saturated carbocycles. The van der Waals surface area contributed by atoms with Crippen molar-refractivity contribution >= 4 is 57.5 Å². The first-order valence-electron chi connectivity index (χ1n) is 9.38. The van der Waals surface area contributed by atoms with Gasteiger partial charge in [-0.05, 0) is 66.3 Å². The summed E-state index contributed by atoms with van der Waals surface area (Å²) in [7, 11) is 0. The van der Waals surface area contributed by atoms with Crippen molar-refractivity contribution in [1.82, 2.24) is 20.3 Å². The average Bonchev–Trinajstić information content (AvgIpc) is 2.74. The number of pyridine rings is 1. The number of hydrogen-bond donors (Lipinski definition) is 3. The van der Waals surface area contributed by atoms with Crippen molar-refractivity contribution in [2.45, 2.75) is 17.7 Å². The van der Waals surface area contributed by atoms with Crippen LogP contribution in [0.3, 0.4) is 0 Å². The van der Waals surface area contributed by atoms with Gasteiger partial charge in [-0.25, -0.2) is 14.2 Å². The van der Waals surface area contributed by atoms with E-state index in [1.165, 1.54) is 12.1 Å². The van der Waals surface area contributed by atoms with Gasteiger partial charge in [0.25, 0.3) is 0 Å². The van der Waals surface area contributed by atoms with E-state index in [4.69, 9.17) is 16.6 Å². The third kappa shape index (κ3) is 4.41. The lowest BCUT2D eigenvalue weighted by Crippen LogP contribution is -2.37. The summed E-state index contributed by atoms with van der Waals surface area (Å²) in [6.07, 6.45) is 5.47. The number of urea groups is 1. The summed E-state index contributed by atoms with van der Waals surface area (Å²) in [5, 5.41) is 7.46. The van der Waals surface area contributed by atoms with Gasteiger partial charge in [0.1, 0.15) is 5.82 Å². The summed E-state index contributed by atoms with van der Waals surface area (Å²) < 4.78 is 16.9. The summed E-state index contributed by atoms with van der Waals surface area (Å²) >= 11 is 7.12. The first-order valence-corrected chi connectivity index (χ1v) is 10.7. The van der Waals surface area contributed by atoms with E-state index in [9.17, 15) is 9.18 Å². The van der Waals surface area contributed by atoms with Crippen molar-refractivity contribution in [2.24, 2.45) is 0 Å². The zero-order valence-electron chi connectivity index (χ0n) is 15.6. The number of hydrogen-bond acceptors (Lipinski definition) is 4. The first-order chi connectivity index (χ1) is 14.2. The maximum absolute atomic E-state index is 13.7. The molecule has 0 spiro atoms. The van der Waals surface area contributed by atoms with Crippen LogP contribution in [-0.2, 0) is 6.42 Å². The van der Waals surface area contributed by atoms with Crippen molar-refractivity contribution in [2.75, 3.05) is 19.0 Å². The molecule has 29 heavy (non-hydrogen) atoms. The molecule has 1 aromatic heterocycles. The fourth-order valence-corrected chi connectivity index (χ4v) is 4.24. The fourth-order valence-electron chi connectivity index (χ4n) is 3.38. The number of carbonyl (C=O) groups excluding carboxylic acids is 1. The standard InChI is InChI=1S/C21H20ClFN4OS/c22-6-9-25-21(28)24-7-1-2-14-10-15-5-8-26-29-20(15)17-11-13-3-4-16(23)12-18(13)27-19(14)17/h3-5,8,10-12,26H,1-2,6-7,9H2,(H2,24,25,28). The molecule has 2 heterocycles. The Morgan fingerprint density at radius 2 is 2.07 bits per heavy atom. The largest absolute Gasteiger partial charge is 0.338 e. The Morgan fingerprint density at radius 3 is 2.93 bits per heavy atom. The number of benzene rings is 2. The third-order valence-electron chi connectivity index (χ3n) is 4.70. The second-order valence-corrected chi connectivity index (χ2v) is 7.93. The van der Waals surface area contributed by atoms with E-state index in [0.29, 0.717) is 24.5 Å². The van der Waals surface area contributed by atoms with Crippen molar-refractivity contribution in [3.8, 4) is 0 Å². The highest BCUT2D eigenvalue weighted by Crippen LogP contribution is 2.36. The van der Waals surface area contributed by atoms with Crippen molar-refractivity contribution in [3.63, 3.8) is 0 Å². The molecule has 8 heteroatoms. The van der Waals surface area contributed by atoms with Gasteiger partial charge in [0.2, 0.25) is 0 Å². The van der Waals surface area contributed by atoms with E-state index in [1.807, 2.05) is 12.3 Å². The zero-order valence-corrected chi connectivity index (χ0v) is 17.2. The van der Waals surface area contributed by atoms with E-state index in [1.54, 1.807) is 18.0 Å². The highest BCUT2D eigenvalue weighted by Gasteiger charge is 2.16. The van der Waals surface area contributed by atoms with Crippen molar-refractivity contribution < 1.29 is 9.18 Å². The molecule has 0 bridgehead atoms. The molecule has 0 unspecified atom stereocenters. The van der Waals surface area contributed by atoms with Crippen molar-refractivity contribution in [1.29, 1.82) is 0 Å². The molecule has 2 aromatic carbocycles. The van der Waals surface area contributed by atoms with Gasteiger partial charge in [0, 0.05) is 46.9 Å². The summed E-state index contributed by atoms with van der Waals surface area (Å²) in [5.41, 5.74) is 3.73. The van der Waals surface area contributed by atoms with Crippen LogP contribution in [0.2, 0.25) is 0 Å². The summed E-state index contributed by atoms with van der Waals surface area (Å²) in [6.45, 7) is 0.982. The molecule has 0 atom stereocenters. The van der Waals surface area contributed by atoms with Gasteiger partial charge in [-0.1, -0.05) is 0 Å². The van der Waals surface area contributed by atoms with Crippen LogP contribution in [0.1, 0.15) is 17.5 Å². The van der Waals surface area contributed by atoms with E-state index in [-0.39, 0.29) is 11.8 Å². The molecular formula is C21H20ClFN4OS. The molecule has 0 saturated heterocycles. The number of nitrogens with zero attached hydrogens (tertiary/aromatic N) is 1. The minimum atomic E-state index is -0.296. The normalized spacial score (nSPS) is 12.6. The molecule has 1 aliphatic rings. The predicted molar refractivity (Wildman–Crippen MR) is 118 cm³/mol. The van der Waals surface area contributed by atoms with Gasteiger partial charge in [-0.3, -0.25) is 0 Å². The Hall–Kier alpha value is -2.51. The lowest BCUT2D eigenvalue weighted by atomic mass is 9.99. The van der Waals surface area contributed by atoms with E-state index >= 15 is 0 Å². The van der Waals surface area contributed by atoms with Gasteiger partial charge >= 0.3 is 6.03 Å². The molecule has 3 N–H and O–H groups in total. The summed E-state index contributed by atoms with van der Waals surface area (Å²) in [5.74, 6) is 0.0878. The number of nitrogens with one attached hydrogen (secondary N) is 3. The van der Waals surface area contributed by atoms with Crippen LogP contribution in [0.5, 0.6) is 0 Å². The van der Waals surface area contributed by atoms with Gasteiger partial charge in [-0.2, -0.15) is 0 Å². The number of amides is 2. The van der Waals surface area contributed by atoms with Gasteiger partial charge < -0.3 is 15.4 Å². The molecule has 1 aliphatic heterocycles. The number of aromatic nitrogens is 1. The smallest absolute Gasteiger partial charge is 0.314 e. The Bertz CT molecular complexity index is 1110. The summed E-state index contributed by atoms with van der Waals surface area (Å²) in [6, 6.07) is 8.67. The van der Waals surface area contributed by atoms with Crippen LogP contribution in [0.15, 0.2) is 41.4 Å². The van der Waals surface area contributed by atoms with Gasteiger partial charge in [-0.15, -0.1) is 11.6 Å². The lowest BCUT2D eigenvalue weighted by molar-refractivity contribution is 0.241. The fraction of sp³-hybridized carbons (Fsp3) is 0.238. The Balaban J connectivity index is 1.64. The van der Waals surface area contributed by atoms with Crippen LogP contribution < -0.4 is 15.4 Å². The Kier molecular flexibility index (Phi) is 6.06. The van der Waals surface area contributed by atoms with E-state index in [0.717, 1.165) is 45.2 Å². The zero-order chi connectivity index (χ0) is 20.2. The third-order valence-corrected chi connectivity index (χ3v) is 5.80. The molecule has 0 aliphatic carbocycles. The SMILES string of the molecule is O=C(NCCCl)NCCCc1cc2c(c3cc4ccc(F)cc4nc13)SNC=C2. The molecule has 2 amide bonds. The molecule has 150 valence electrons. The number of carbonyl (C=O) groups is 1. The maximum Gasteiger partial charge on any atom is 0.314 e. The van der Waals surface area contributed by atoms with Crippen LogP contribution in [0, 0.1) is 5.82 Å². The van der Waals surface area contributed by atoms with Crippen LogP contribution in [0.25, 0.3) is 27.9 Å². The predicted octanol–water partition coefficient (Wildman–Crippen LogP) is 4.58. The molecule has 4 rings (SSSR count). The van der Waals surface area contributed by atoms with Crippen LogP contribution >= 0.6 is 23.5 Å². The van der Waals surface area contributed by atoms with Gasteiger partial charge in [0.15, 0.2) is 0 Å². The number of fused-ring (bicyclic) bond motifs is 4. The number of halogens is 2. The Morgan fingerprint density at radius 1 is 1.21 bits per heavy atom. The minimum absolute atomic E-state index is 0.217. The second kappa shape index (κ2) is 8.88. The number of aryl methyl sites for hydroxylation is 1. The lowest BCUT2D eigenvalue weighted by Gasteiger charge is -2.17. The second-order valence-electron chi connectivity index (χ2n) is 6.70. The average molecular weight is 431 g/mol. The Labute approximate surface area is 177 Å². The van der Waals surface area contributed by atoms with Gasteiger partial charge in [0.05, 0.1) is 11.0 Å². The first kappa shape index (κ1) is 19.8. The highest BCUT2D eigenvalue weighted by atomic mass is 35.5. The monoisotopic (exact) mass is 430 g/mol. The molecule has 0 radical (unpaired) electrons. The van der Waals surface area contributed by atoms with Crippen molar-refractivity contribution in [3.05, 3.63) is 53.5 Å². The molecular weight excluding hydrogens is 411 g/mol. The van der Waals surface area contributed by atoms with E-state index in [2.05, 4.69) is 27.5 Å². The molecule has 5 nitrogen and oxygen atoms in total. The quantitative estimate of drug-likeness (QED) is 0.232. The number of alkyl halides is 1. The topological polar surface area (TPSA) is 66.0 Å². The van der Waals surface area contributed by atoms with Crippen LogP contribution in [-0.4, -0.2) is 30.0 Å². The summed E-state index contributed by atoms with van der Waals surface area (Å²) in [4.78, 5) is 17.5. The highest BCUT2D eigenvalue weighted by molar-refractivity contribution is 7.97. The molecule has 0 fully saturated rings. The maximum atomic E-state index is 13.7. The molecule has 3 aromatic rings. The number of rotatable bonds is 6. The van der Waals surface area contributed by atoms with Crippen LogP contribution in [0.4, 0.5) is 9.18 Å². The minimum Gasteiger partial charge on any atom is -0.338 e.